The van der Waals surface area contributed by atoms with Crippen LogP contribution < -0.4 is 10.2 Å². The van der Waals surface area contributed by atoms with Crippen molar-refractivity contribution in [3.05, 3.63) is 52.0 Å². The van der Waals surface area contributed by atoms with Gasteiger partial charge < -0.3 is 10.2 Å². The molecule has 0 saturated heterocycles. The fraction of sp³-hybridized carbons (Fsp3) is 0.267. The molecule has 0 atom stereocenters. The normalized spacial score (nSPS) is 10.5. The summed E-state index contributed by atoms with van der Waals surface area (Å²) in [6.45, 7) is 2.81. The lowest BCUT2D eigenvalue weighted by molar-refractivity contribution is 0.572. The Bertz CT molecular complexity index is 634. The van der Waals surface area contributed by atoms with E-state index in [1.54, 1.807) is 11.9 Å². The second-order valence-corrected chi connectivity index (χ2v) is 5.46. The predicted octanol–water partition coefficient (Wildman–Crippen LogP) is 4.19. The van der Waals surface area contributed by atoms with Crippen LogP contribution in [0.2, 0.25) is 0 Å². The van der Waals surface area contributed by atoms with Crippen molar-refractivity contribution >= 4 is 27.6 Å². The molecule has 0 unspecified atom stereocenters. The summed E-state index contributed by atoms with van der Waals surface area (Å²) in [6, 6.07) is 8.53. The average Bonchev–Trinajstić information content (AvgIpc) is 2.44. The van der Waals surface area contributed by atoms with Gasteiger partial charge in [0.15, 0.2) is 23.3 Å². The first kappa shape index (κ1) is 15.7. The molecule has 2 aromatic rings. The Balaban J connectivity index is 2.28. The van der Waals surface area contributed by atoms with Gasteiger partial charge in [-0.05, 0) is 18.6 Å². The topological polar surface area (TPSA) is 28.2 Å². The number of pyridine rings is 1. The van der Waals surface area contributed by atoms with Gasteiger partial charge >= 0.3 is 0 Å². The highest BCUT2D eigenvalue weighted by Crippen LogP contribution is 2.24. The van der Waals surface area contributed by atoms with E-state index in [0.29, 0.717) is 13.1 Å². The lowest BCUT2D eigenvalue weighted by atomic mass is 10.2. The monoisotopic (exact) mass is 355 g/mol. The highest BCUT2D eigenvalue weighted by molar-refractivity contribution is 9.10. The van der Waals surface area contributed by atoms with Crippen LogP contribution in [0.3, 0.4) is 0 Å². The number of hydrogen-bond donors (Lipinski definition) is 1. The molecular formula is C15H16BrF2N3. The van der Waals surface area contributed by atoms with Gasteiger partial charge in [0, 0.05) is 30.7 Å². The molecule has 0 aliphatic carbocycles. The first-order chi connectivity index (χ1) is 10.0. The molecule has 0 radical (unpaired) electrons. The molecule has 0 bridgehead atoms. The third kappa shape index (κ3) is 3.69. The van der Waals surface area contributed by atoms with Gasteiger partial charge in [-0.1, -0.05) is 34.1 Å². The van der Waals surface area contributed by atoms with Crippen LogP contribution in [0.4, 0.5) is 20.4 Å². The molecule has 1 aromatic heterocycles. The van der Waals surface area contributed by atoms with Crippen LogP contribution in [-0.4, -0.2) is 18.6 Å². The van der Waals surface area contributed by atoms with E-state index < -0.39 is 11.6 Å². The molecule has 0 spiro atoms. The average molecular weight is 356 g/mol. The van der Waals surface area contributed by atoms with E-state index in [1.165, 1.54) is 0 Å². The van der Waals surface area contributed by atoms with Crippen LogP contribution in [0.5, 0.6) is 0 Å². The molecule has 2 rings (SSSR count). The molecule has 1 aromatic carbocycles. The number of aromatic nitrogens is 1. The largest absolute Gasteiger partial charge is 0.368 e. The second kappa shape index (κ2) is 6.85. The molecule has 6 heteroatoms. The fourth-order valence-electron chi connectivity index (χ4n) is 1.97. The van der Waals surface area contributed by atoms with E-state index >= 15 is 0 Å². The van der Waals surface area contributed by atoms with Crippen molar-refractivity contribution in [2.24, 2.45) is 0 Å². The van der Waals surface area contributed by atoms with Gasteiger partial charge in [0.05, 0.1) is 0 Å². The lowest BCUT2D eigenvalue weighted by Crippen LogP contribution is -2.20. The zero-order valence-corrected chi connectivity index (χ0v) is 13.4. The van der Waals surface area contributed by atoms with Crippen LogP contribution >= 0.6 is 15.9 Å². The third-order valence-corrected chi connectivity index (χ3v) is 3.76. The van der Waals surface area contributed by atoms with Crippen LogP contribution in [0.25, 0.3) is 0 Å². The van der Waals surface area contributed by atoms with E-state index in [4.69, 9.17) is 0 Å². The van der Waals surface area contributed by atoms with Crippen LogP contribution in [0.1, 0.15) is 12.5 Å². The summed E-state index contributed by atoms with van der Waals surface area (Å²) in [4.78, 5) is 5.69. The fourth-order valence-corrected chi connectivity index (χ4v) is 2.38. The number of nitrogens with zero attached hydrogens (tertiary/aromatic N) is 2. The predicted molar refractivity (Wildman–Crippen MR) is 84.6 cm³/mol. The molecular weight excluding hydrogens is 340 g/mol. The van der Waals surface area contributed by atoms with E-state index in [0.717, 1.165) is 16.1 Å². The molecule has 1 N–H and O–H groups in total. The Morgan fingerprint density at radius 2 is 1.95 bits per heavy atom. The van der Waals surface area contributed by atoms with E-state index in [-0.39, 0.29) is 11.6 Å². The Kier molecular flexibility index (Phi) is 5.12. The second-order valence-electron chi connectivity index (χ2n) is 4.60. The van der Waals surface area contributed by atoms with Crippen molar-refractivity contribution in [3.8, 4) is 0 Å². The molecule has 1 heterocycles. The lowest BCUT2D eigenvalue weighted by Gasteiger charge is -2.20. The van der Waals surface area contributed by atoms with E-state index in [1.807, 2.05) is 31.2 Å². The zero-order valence-electron chi connectivity index (χ0n) is 11.8. The number of nitrogens with one attached hydrogen (secondary N) is 1. The smallest absolute Gasteiger partial charge is 0.168 e. The highest BCUT2D eigenvalue weighted by atomic mass is 79.9. The Morgan fingerprint density at radius 3 is 2.62 bits per heavy atom. The summed E-state index contributed by atoms with van der Waals surface area (Å²) in [6.07, 6.45) is 0. The minimum atomic E-state index is -0.688. The van der Waals surface area contributed by atoms with E-state index in [9.17, 15) is 8.78 Å². The van der Waals surface area contributed by atoms with Gasteiger partial charge in [-0.3, -0.25) is 0 Å². The molecule has 0 aliphatic rings. The van der Waals surface area contributed by atoms with Gasteiger partial charge in [-0.25, -0.2) is 13.8 Å². The summed E-state index contributed by atoms with van der Waals surface area (Å²) in [5.74, 6) is -1.19. The third-order valence-electron chi connectivity index (χ3n) is 2.98. The highest BCUT2D eigenvalue weighted by Gasteiger charge is 2.15. The summed E-state index contributed by atoms with van der Waals surface area (Å²) in [5.41, 5.74) is 0.996. The minimum absolute atomic E-state index is 0.0628. The number of halogens is 3. The summed E-state index contributed by atoms with van der Waals surface area (Å²) in [5, 5.41) is 2.78. The van der Waals surface area contributed by atoms with Gasteiger partial charge in [-0.15, -0.1) is 0 Å². The Hall–Kier alpha value is -1.69. The maximum absolute atomic E-state index is 13.9. The molecule has 0 fully saturated rings. The van der Waals surface area contributed by atoms with Crippen molar-refractivity contribution in [2.45, 2.75) is 13.5 Å². The van der Waals surface area contributed by atoms with Gasteiger partial charge in [-0.2, -0.15) is 0 Å². The quantitative estimate of drug-likeness (QED) is 0.871. The summed E-state index contributed by atoms with van der Waals surface area (Å²) in [7, 11) is 1.72. The van der Waals surface area contributed by atoms with E-state index in [2.05, 4.69) is 26.2 Å². The number of hydrogen-bond acceptors (Lipinski definition) is 3. The molecule has 112 valence electrons. The van der Waals surface area contributed by atoms with Gasteiger partial charge in [0.25, 0.3) is 0 Å². The van der Waals surface area contributed by atoms with Crippen molar-refractivity contribution < 1.29 is 8.78 Å². The number of anilines is 2. The van der Waals surface area contributed by atoms with Gasteiger partial charge in [0.2, 0.25) is 0 Å². The Morgan fingerprint density at radius 1 is 1.24 bits per heavy atom. The Labute approximate surface area is 131 Å². The molecule has 0 aliphatic heterocycles. The molecule has 0 amide bonds. The number of rotatable bonds is 5. The first-order valence-corrected chi connectivity index (χ1v) is 7.36. The molecule has 21 heavy (non-hydrogen) atoms. The standard InChI is InChI=1S/C15H16BrF2N3/c1-3-19-14-12(17)8-13(18)15(20-14)21(2)9-10-6-4-5-7-11(10)16/h4-8H,3,9H2,1-2H3,(H,19,20). The summed E-state index contributed by atoms with van der Waals surface area (Å²) < 4.78 is 28.5. The van der Waals surface area contributed by atoms with Crippen molar-refractivity contribution in [1.82, 2.24) is 4.98 Å². The van der Waals surface area contributed by atoms with Crippen molar-refractivity contribution in [2.75, 3.05) is 23.8 Å². The first-order valence-electron chi connectivity index (χ1n) is 6.57. The van der Waals surface area contributed by atoms with Crippen LogP contribution in [-0.2, 0) is 6.54 Å². The van der Waals surface area contributed by atoms with Gasteiger partial charge in [0.1, 0.15) is 0 Å². The maximum Gasteiger partial charge on any atom is 0.168 e. The van der Waals surface area contributed by atoms with Crippen LogP contribution in [0.15, 0.2) is 34.8 Å². The van der Waals surface area contributed by atoms with Crippen molar-refractivity contribution in [3.63, 3.8) is 0 Å². The minimum Gasteiger partial charge on any atom is -0.368 e. The maximum atomic E-state index is 13.9. The zero-order chi connectivity index (χ0) is 15.4. The number of benzene rings is 1. The molecule has 3 nitrogen and oxygen atoms in total. The van der Waals surface area contributed by atoms with Crippen molar-refractivity contribution in [1.29, 1.82) is 0 Å². The molecule has 0 saturated carbocycles. The summed E-state index contributed by atoms with van der Waals surface area (Å²) >= 11 is 3.45. The SMILES string of the molecule is CCNc1nc(N(C)Cc2ccccc2Br)c(F)cc1F. The van der Waals surface area contributed by atoms with Crippen LogP contribution in [0, 0.1) is 11.6 Å².